The molecule has 0 spiro atoms. The molecule has 1 saturated heterocycles. The summed E-state index contributed by atoms with van der Waals surface area (Å²) < 4.78 is 24.9. The maximum atomic E-state index is 13.6. The van der Waals surface area contributed by atoms with Crippen molar-refractivity contribution in [1.82, 2.24) is 20.1 Å². The maximum absolute atomic E-state index is 13.6. The van der Waals surface area contributed by atoms with Crippen molar-refractivity contribution in [2.75, 3.05) is 24.6 Å². The fourth-order valence-electron chi connectivity index (χ4n) is 4.51. The highest BCUT2D eigenvalue weighted by Crippen LogP contribution is 2.25. The summed E-state index contributed by atoms with van der Waals surface area (Å²) in [5.41, 5.74) is 1.55. The third kappa shape index (κ3) is 8.43. The van der Waals surface area contributed by atoms with E-state index in [9.17, 15) is 9.18 Å². The molecule has 2 heterocycles. The van der Waals surface area contributed by atoms with Crippen LogP contribution in [-0.4, -0.2) is 57.5 Å². The fraction of sp³-hybridized carbons (Fsp3) is 0.500. The Morgan fingerprint density at radius 1 is 1.05 bits per heavy atom. The van der Waals surface area contributed by atoms with Crippen LogP contribution in [0.4, 0.5) is 15.1 Å². The normalized spacial score (nSPS) is 14.5. The van der Waals surface area contributed by atoms with Crippen LogP contribution in [0.2, 0.25) is 0 Å². The Labute approximate surface area is 230 Å². The molecule has 1 amide bonds. The number of carbonyl (C=O) groups is 1. The van der Waals surface area contributed by atoms with Crippen molar-refractivity contribution in [2.24, 2.45) is 5.92 Å². The van der Waals surface area contributed by atoms with Crippen LogP contribution in [0, 0.1) is 11.7 Å². The van der Waals surface area contributed by atoms with Crippen molar-refractivity contribution in [3.63, 3.8) is 0 Å². The van der Waals surface area contributed by atoms with E-state index >= 15 is 0 Å². The van der Waals surface area contributed by atoms with Gasteiger partial charge in [0.15, 0.2) is 0 Å². The van der Waals surface area contributed by atoms with Gasteiger partial charge in [-0.15, -0.1) is 10.2 Å². The van der Waals surface area contributed by atoms with E-state index in [1.165, 1.54) is 12.1 Å². The fourth-order valence-corrected chi connectivity index (χ4v) is 4.51. The van der Waals surface area contributed by atoms with Crippen LogP contribution in [0.5, 0.6) is 5.75 Å². The van der Waals surface area contributed by atoms with Gasteiger partial charge >= 0.3 is 6.09 Å². The Balaban J connectivity index is 1.45. The Morgan fingerprint density at radius 2 is 1.69 bits per heavy atom. The van der Waals surface area contributed by atoms with Crippen LogP contribution in [0.1, 0.15) is 64.4 Å². The number of nitrogens with one attached hydrogen (secondary N) is 1. The molecule has 0 unspecified atom stereocenters. The topological polar surface area (TPSA) is 83.6 Å². The van der Waals surface area contributed by atoms with Crippen molar-refractivity contribution in [2.45, 2.75) is 72.1 Å². The van der Waals surface area contributed by atoms with Crippen LogP contribution in [0.25, 0.3) is 0 Å². The van der Waals surface area contributed by atoms with E-state index in [1.807, 2.05) is 45.0 Å². The van der Waals surface area contributed by atoms with Crippen LogP contribution < -0.4 is 9.64 Å². The molecule has 0 aliphatic carbocycles. The lowest BCUT2D eigenvalue weighted by Crippen LogP contribution is -2.48. The minimum absolute atomic E-state index is 0.131. The molecule has 1 fully saturated rings. The lowest BCUT2D eigenvalue weighted by atomic mass is 10.0. The number of nitrogens with zero attached hydrogens (tertiary/aromatic N) is 4. The van der Waals surface area contributed by atoms with Gasteiger partial charge in [-0.3, -0.25) is 0 Å². The number of aromatic nitrogens is 3. The molecule has 0 radical (unpaired) electrons. The zero-order valence-electron chi connectivity index (χ0n) is 23.6. The molecular formula is C30H40FN5O3. The first kappa shape index (κ1) is 28.4. The molecule has 39 heavy (non-hydrogen) atoms. The number of H-pyrrole nitrogens is 1. The Morgan fingerprint density at radius 3 is 2.31 bits per heavy atom. The summed E-state index contributed by atoms with van der Waals surface area (Å²) in [5, 5.41) is 8.91. The maximum Gasteiger partial charge on any atom is 0.410 e. The SMILES string of the molecule is CC(C)COc1ccc(Cc2nnc(N(Cc3ccc(F)cc3)C3CCN(C(=O)OC(C)(C)C)CC3)[nH]2)cc1. The van der Waals surface area contributed by atoms with Crippen LogP contribution in [-0.2, 0) is 17.7 Å². The predicted octanol–water partition coefficient (Wildman–Crippen LogP) is 5.98. The average Bonchev–Trinajstić information content (AvgIpc) is 3.35. The number of carbonyl (C=O) groups excluding carboxylic acids is 1. The number of amides is 1. The number of hydrogen-bond donors (Lipinski definition) is 1. The molecule has 8 nitrogen and oxygen atoms in total. The summed E-state index contributed by atoms with van der Waals surface area (Å²) in [4.78, 5) is 19.9. The first-order chi connectivity index (χ1) is 18.6. The second kappa shape index (κ2) is 12.5. The smallest absolute Gasteiger partial charge is 0.410 e. The lowest BCUT2D eigenvalue weighted by Gasteiger charge is -2.38. The van der Waals surface area contributed by atoms with Gasteiger partial charge in [0.05, 0.1) is 6.61 Å². The number of piperidine rings is 1. The number of halogens is 1. The number of benzene rings is 2. The van der Waals surface area contributed by atoms with Crippen LogP contribution in [0.15, 0.2) is 48.5 Å². The van der Waals surface area contributed by atoms with Gasteiger partial charge in [-0.1, -0.05) is 38.1 Å². The molecule has 1 aliphatic rings. The van der Waals surface area contributed by atoms with Gasteiger partial charge in [-0.05, 0) is 74.9 Å². The number of rotatable bonds is 9. The lowest BCUT2D eigenvalue weighted by molar-refractivity contribution is 0.0204. The van der Waals surface area contributed by atoms with Gasteiger partial charge < -0.3 is 24.3 Å². The highest BCUT2D eigenvalue weighted by Gasteiger charge is 2.31. The Hall–Kier alpha value is -3.62. The summed E-state index contributed by atoms with van der Waals surface area (Å²) in [7, 11) is 0. The average molecular weight is 538 g/mol. The predicted molar refractivity (Wildman–Crippen MR) is 149 cm³/mol. The standard InChI is InChI=1S/C30H40FN5O3/c1-21(2)20-38-26-12-8-22(9-13-26)18-27-32-28(34-33-27)36(19-23-6-10-24(31)11-7-23)25-14-16-35(17-15-25)29(37)39-30(3,4)5/h6-13,21,25H,14-20H2,1-5H3,(H,32,33,34). The highest BCUT2D eigenvalue weighted by atomic mass is 19.1. The molecule has 1 aromatic heterocycles. The minimum Gasteiger partial charge on any atom is -0.493 e. The number of hydrogen-bond acceptors (Lipinski definition) is 6. The Bertz CT molecular complexity index is 1200. The third-order valence-corrected chi connectivity index (χ3v) is 6.49. The monoisotopic (exact) mass is 537 g/mol. The van der Waals surface area contributed by atoms with Crippen molar-refractivity contribution < 1.29 is 18.7 Å². The molecule has 210 valence electrons. The number of aromatic amines is 1. The van der Waals surface area contributed by atoms with E-state index in [-0.39, 0.29) is 18.0 Å². The van der Waals surface area contributed by atoms with E-state index in [2.05, 4.69) is 33.9 Å². The molecule has 0 atom stereocenters. The summed E-state index contributed by atoms with van der Waals surface area (Å²) >= 11 is 0. The minimum atomic E-state index is -0.528. The summed E-state index contributed by atoms with van der Waals surface area (Å²) in [6.45, 7) is 12.3. The van der Waals surface area contributed by atoms with E-state index in [4.69, 9.17) is 9.47 Å². The molecular weight excluding hydrogens is 497 g/mol. The molecule has 1 N–H and O–H groups in total. The second-order valence-corrected chi connectivity index (χ2v) is 11.6. The number of anilines is 1. The highest BCUT2D eigenvalue weighted by molar-refractivity contribution is 5.68. The summed E-state index contributed by atoms with van der Waals surface area (Å²) in [6, 6.07) is 14.7. The van der Waals surface area contributed by atoms with E-state index in [0.717, 1.165) is 35.5 Å². The van der Waals surface area contributed by atoms with Crippen molar-refractivity contribution in [3.05, 3.63) is 71.3 Å². The van der Waals surface area contributed by atoms with Gasteiger partial charge in [-0.2, -0.15) is 0 Å². The van der Waals surface area contributed by atoms with Gasteiger partial charge in [0.1, 0.15) is 23.0 Å². The molecule has 9 heteroatoms. The van der Waals surface area contributed by atoms with E-state index in [0.29, 0.717) is 44.5 Å². The first-order valence-corrected chi connectivity index (χ1v) is 13.7. The molecule has 3 aromatic rings. The van der Waals surface area contributed by atoms with Gasteiger partial charge in [0.25, 0.3) is 0 Å². The molecule has 2 aromatic carbocycles. The Kier molecular flexibility index (Phi) is 9.09. The molecule has 0 bridgehead atoms. The van der Waals surface area contributed by atoms with Gasteiger partial charge in [0, 0.05) is 32.1 Å². The number of ether oxygens (including phenoxy) is 2. The van der Waals surface area contributed by atoms with Crippen molar-refractivity contribution in [1.29, 1.82) is 0 Å². The van der Waals surface area contributed by atoms with Gasteiger partial charge in [0.2, 0.25) is 5.95 Å². The summed E-state index contributed by atoms with van der Waals surface area (Å²) in [5.74, 6) is 2.49. The van der Waals surface area contributed by atoms with E-state index < -0.39 is 5.60 Å². The van der Waals surface area contributed by atoms with Gasteiger partial charge in [-0.25, -0.2) is 9.18 Å². The summed E-state index contributed by atoms with van der Waals surface area (Å²) in [6.07, 6.45) is 1.84. The zero-order chi connectivity index (χ0) is 28.0. The first-order valence-electron chi connectivity index (χ1n) is 13.7. The third-order valence-electron chi connectivity index (χ3n) is 6.49. The molecule has 0 saturated carbocycles. The molecule has 1 aliphatic heterocycles. The quantitative estimate of drug-likeness (QED) is 0.362. The zero-order valence-corrected chi connectivity index (χ0v) is 23.6. The largest absolute Gasteiger partial charge is 0.493 e. The van der Waals surface area contributed by atoms with Crippen molar-refractivity contribution >= 4 is 12.0 Å². The molecule has 4 rings (SSSR count). The van der Waals surface area contributed by atoms with Crippen LogP contribution >= 0.6 is 0 Å². The van der Waals surface area contributed by atoms with Crippen LogP contribution in [0.3, 0.4) is 0 Å². The second-order valence-electron chi connectivity index (χ2n) is 11.6. The number of likely N-dealkylation sites (tertiary alicyclic amines) is 1. The van der Waals surface area contributed by atoms with E-state index in [1.54, 1.807) is 17.0 Å². The van der Waals surface area contributed by atoms with Crippen molar-refractivity contribution in [3.8, 4) is 5.75 Å².